The first-order valence-corrected chi connectivity index (χ1v) is 9.91. The van der Waals surface area contributed by atoms with E-state index >= 15 is 0 Å². The van der Waals surface area contributed by atoms with Crippen LogP contribution in [0.1, 0.15) is 27.9 Å². The molecular formula is C22H19ClN4O3. The summed E-state index contributed by atoms with van der Waals surface area (Å²) in [5.41, 5.74) is 3.94. The Labute approximate surface area is 178 Å². The predicted molar refractivity (Wildman–Crippen MR) is 116 cm³/mol. The molecular weight excluding hydrogens is 404 g/mol. The van der Waals surface area contributed by atoms with Crippen molar-refractivity contribution in [1.29, 1.82) is 0 Å². The molecule has 0 saturated heterocycles. The van der Waals surface area contributed by atoms with Crippen LogP contribution >= 0.6 is 11.6 Å². The van der Waals surface area contributed by atoms with E-state index in [-0.39, 0.29) is 16.3 Å². The monoisotopic (exact) mass is 422 g/mol. The minimum absolute atomic E-state index is 0.0711. The number of nitrogens with zero attached hydrogens (tertiary/aromatic N) is 3. The van der Waals surface area contributed by atoms with Crippen molar-refractivity contribution < 1.29 is 9.72 Å². The highest BCUT2D eigenvalue weighted by atomic mass is 35.5. The third-order valence-electron chi connectivity index (χ3n) is 5.05. The fourth-order valence-corrected chi connectivity index (χ4v) is 3.83. The molecule has 8 heteroatoms. The van der Waals surface area contributed by atoms with Crippen molar-refractivity contribution in [2.24, 2.45) is 0 Å². The Morgan fingerprint density at radius 2 is 2.10 bits per heavy atom. The van der Waals surface area contributed by atoms with Crippen LogP contribution in [-0.2, 0) is 13.0 Å². The van der Waals surface area contributed by atoms with Crippen molar-refractivity contribution >= 4 is 34.6 Å². The first-order chi connectivity index (χ1) is 14.5. The molecule has 0 bridgehead atoms. The maximum atomic E-state index is 12.6. The molecule has 152 valence electrons. The Bertz CT molecular complexity index is 1100. The van der Waals surface area contributed by atoms with Crippen molar-refractivity contribution in [3.63, 3.8) is 0 Å². The molecule has 30 heavy (non-hydrogen) atoms. The van der Waals surface area contributed by atoms with Crippen molar-refractivity contribution in [3.05, 3.63) is 92.8 Å². The van der Waals surface area contributed by atoms with Crippen molar-refractivity contribution in [2.45, 2.75) is 19.4 Å². The number of pyridine rings is 1. The van der Waals surface area contributed by atoms with Gasteiger partial charge in [0.1, 0.15) is 0 Å². The number of anilines is 2. The lowest BCUT2D eigenvalue weighted by Gasteiger charge is -2.31. The van der Waals surface area contributed by atoms with Crippen molar-refractivity contribution in [1.82, 2.24) is 4.98 Å². The molecule has 1 aliphatic heterocycles. The zero-order valence-corrected chi connectivity index (χ0v) is 16.8. The van der Waals surface area contributed by atoms with E-state index < -0.39 is 10.8 Å². The number of fused-ring (bicyclic) bond motifs is 1. The Morgan fingerprint density at radius 3 is 2.87 bits per heavy atom. The maximum absolute atomic E-state index is 12.6. The molecule has 0 saturated carbocycles. The number of benzene rings is 2. The summed E-state index contributed by atoms with van der Waals surface area (Å²) in [4.78, 5) is 29.6. The number of hydrogen-bond donors (Lipinski definition) is 1. The van der Waals surface area contributed by atoms with E-state index in [2.05, 4.69) is 21.3 Å². The quantitative estimate of drug-likeness (QED) is 0.469. The number of amides is 1. The fraction of sp³-hybridized carbons (Fsp3) is 0.182. The van der Waals surface area contributed by atoms with Gasteiger partial charge in [-0.15, -0.1) is 0 Å². The smallest absolute Gasteiger partial charge is 0.270 e. The molecule has 7 nitrogen and oxygen atoms in total. The topological polar surface area (TPSA) is 88.4 Å². The summed E-state index contributed by atoms with van der Waals surface area (Å²) in [7, 11) is 0. The van der Waals surface area contributed by atoms with Gasteiger partial charge in [-0.2, -0.15) is 0 Å². The molecule has 1 aromatic heterocycles. The van der Waals surface area contributed by atoms with Gasteiger partial charge in [0.25, 0.3) is 11.6 Å². The second kappa shape index (κ2) is 8.51. The van der Waals surface area contributed by atoms with E-state index in [1.807, 2.05) is 30.5 Å². The van der Waals surface area contributed by atoms with E-state index in [1.54, 1.807) is 6.20 Å². The lowest BCUT2D eigenvalue weighted by atomic mass is 10.00. The lowest BCUT2D eigenvalue weighted by molar-refractivity contribution is -0.384. The Kier molecular flexibility index (Phi) is 5.63. The summed E-state index contributed by atoms with van der Waals surface area (Å²) in [5.74, 6) is -0.480. The van der Waals surface area contributed by atoms with Crippen LogP contribution in [0.15, 0.2) is 60.9 Å². The summed E-state index contributed by atoms with van der Waals surface area (Å²) >= 11 is 6.08. The van der Waals surface area contributed by atoms with Crippen LogP contribution in [0, 0.1) is 10.1 Å². The van der Waals surface area contributed by atoms with E-state index in [0.29, 0.717) is 5.69 Å². The Balaban J connectivity index is 1.54. The van der Waals surface area contributed by atoms with Crippen LogP contribution < -0.4 is 10.2 Å². The molecule has 0 spiro atoms. The van der Waals surface area contributed by atoms with Crippen LogP contribution in [0.5, 0.6) is 0 Å². The highest BCUT2D eigenvalue weighted by Crippen LogP contribution is 2.31. The van der Waals surface area contributed by atoms with Gasteiger partial charge in [0.15, 0.2) is 0 Å². The summed E-state index contributed by atoms with van der Waals surface area (Å²) in [6.07, 6.45) is 5.56. The summed E-state index contributed by atoms with van der Waals surface area (Å²) < 4.78 is 0. The van der Waals surface area contributed by atoms with Gasteiger partial charge < -0.3 is 10.2 Å². The molecule has 0 aliphatic carbocycles. The highest BCUT2D eigenvalue weighted by molar-refractivity contribution is 6.34. The van der Waals surface area contributed by atoms with E-state index in [4.69, 9.17) is 11.6 Å². The average molecular weight is 423 g/mol. The van der Waals surface area contributed by atoms with Gasteiger partial charge in [0.05, 0.1) is 15.5 Å². The molecule has 2 heterocycles. The van der Waals surface area contributed by atoms with Crippen LogP contribution in [0.25, 0.3) is 0 Å². The molecule has 4 rings (SSSR count). The number of aryl methyl sites for hydroxylation is 1. The van der Waals surface area contributed by atoms with Gasteiger partial charge in [-0.3, -0.25) is 19.9 Å². The van der Waals surface area contributed by atoms with Crippen molar-refractivity contribution in [2.75, 3.05) is 16.8 Å². The highest BCUT2D eigenvalue weighted by Gasteiger charge is 2.19. The molecule has 0 atom stereocenters. The largest absolute Gasteiger partial charge is 0.367 e. The Hall–Kier alpha value is -3.45. The normalized spacial score (nSPS) is 12.9. The lowest BCUT2D eigenvalue weighted by Crippen LogP contribution is -2.29. The summed E-state index contributed by atoms with van der Waals surface area (Å²) in [6.45, 7) is 1.73. The van der Waals surface area contributed by atoms with Crippen LogP contribution in [0.2, 0.25) is 5.02 Å². The number of carbonyl (C=O) groups is 1. The average Bonchev–Trinajstić information content (AvgIpc) is 2.74. The SMILES string of the molecule is O=C(Nc1ccc2c(c1)CCCN2Cc1cccnc1)c1cc([N+](=O)[O-])ccc1Cl. The first kappa shape index (κ1) is 19.8. The predicted octanol–water partition coefficient (Wildman–Crippen LogP) is 4.85. The van der Waals surface area contributed by atoms with Crippen LogP contribution in [-0.4, -0.2) is 22.4 Å². The summed E-state index contributed by atoms with van der Waals surface area (Å²) in [5, 5.41) is 14.0. The molecule has 0 unspecified atom stereocenters. The minimum Gasteiger partial charge on any atom is -0.367 e. The minimum atomic E-state index is -0.553. The fourth-order valence-electron chi connectivity index (χ4n) is 3.63. The van der Waals surface area contributed by atoms with Crippen molar-refractivity contribution in [3.8, 4) is 0 Å². The number of halogens is 1. The zero-order valence-electron chi connectivity index (χ0n) is 16.0. The third-order valence-corrected chi connectivity index (χ3v) is 5.38. The number of nitro groups is 1. The summed E-state index contributed by atoms with van der Waals surface area (Å²) in [6, 6.07) is 13.6. The van der Waals surface area contributed by atoms with Gasteiger partial charge in [-0.25, -0.2) is 0 Å². The first-order valence-electron chi connectivity index (χ1n) is 9.53. The zero-order chi connectivity index (χ0) is 21.1. The second-order valence-electron chi connectivity index (χ2n) is 7.11. The number of aromatic nitrogens is 1. The van der Waals surface area contributed by atoms with Gasteiger partial charge in [0.2, 0.25) is 0 Å². The number of carbonyl (C=O) groups excluding carboxylic acids is 1. The van der Waals surface area contributed by atoms with E-state index in [9.17, 15) is 14.9 Å². The van der Waals surface area contributed by atoms with Crippen LogP contribution in [0.3, 0.4) is 0 Å². The van der Waals surface area contributed by atoms with E-state index in [1.165, 1.54) is 18.2 Å². The number of non-ortho nitro benzene ring substituents is 1. The van der Waals surface area contributed by atoms with E-state index in [0.717, 1.165) is 42.7 Å². The molecule has 1 amide bonds. The van der Waals surface area contributed by atoms with Crippen LogP contribution in [0.4, 0.5) is 17.1 Å². The van der Waals surface area contributed by atoms with Gasteiger partial charge in [0, 0.05) is 49.0 Å². The van der Waals surface area contributed by atoms with Gasteiger partial charge >= 0.3 is 0 Å². The standard InChI is InChI=1S/C22H19ClN4O3/c23-20-7-6-18(27(29)30)12-19(20)22(28)25-17-5-8-21-16(11-17)4-2-10-26(21)14-15-3-1-9-24-13-15/h1,3,5-9,11-13H,2,4,10,14H2,(H,25,28). The molecule has 1 aliphatic rings. The number of hydrogen-bond acceptors (Lipinski definition) is 5. The molecule has 2 aromatic carbocycles. The number of rotatable bonds is 5. The number of nitro benzene ring substituents is 1. The molecule has 1 N–H and O–H groups in total. The molecule has 0 radical (unpaired) electrons. The van der Waals surface area contributed by atoms with Gasteiger partial charge in [-0.05, 0) is 54.3 Å². The Morgan fingerprint density at radius 1 is 1.23 bits per heavy atom. The second-order valence-corrected chi connectivity index (χ2v) is 7.51. The maximum Gasteiger partial charge on any atom is 0.270 e. The molecule has 0 fully saturated rings. The molecule has 3 aromatic rings. The van der Waals surface area contributed by atoms with Gasteiger partial charge in [-0.1, -0.05) is 17.7 Å². The third kappa shape index (κ3) is 4.26. The number of nitrogens with one attached hydrogen (secondary N) is 1.